The molecule has 4 saturated carbocycles. The molecule has 3 heteroatoms. The van der Waals surface area contributed by atoms with Crippen LogP contribution in [0.15, 0.2) is 12.2 Å². The largest absolute Gasteiger partial charge is 0.396 e. The van der Waals surface area contributed by atoms with Crippen molar-refractivity contribution in [2.45, 2.75) is 71.0 Å². The standard InChI is InChI=1S/C20H32O3/c1-12-9-20-10-13(12)4-5-14(20)19(11-21)7-6-16(22)18(2,3)15(19)8-17(20)23/h13-17,21-23H,1,4-11H2,2-3H3/t13-,14+,15+,16?,17?,19+,20+/m0/s1. The topological polar surface area (TPSA) is 60.7 Å². The molecule has 4 aliphatic rings. The Morgan fingerprint density at radius 1 is 1.09 bits per heavy atom. The second-order valence-corrected chi connectivity index (χ2v) is 9.67. The quantitative estimate of drug-likeness (QED) is 0.651. The first-order chi connectivity index (χ1) is 10.8. The van der Waals surface area contributed by atoms with Crippen molar-refractivity contribution in [1.82, 2.24) is 0 Å². The van der Waals surface area contributed by atoms with E-state index < -0.39 is 0 Å². The number of hydrogen-bond donors (Lipinski definition) is 3. The first-order valence-corrected chi connectivity index (χ1v) is 9.42. The molecule has 0 aromatic heterocycles. The Hall–Kier alpha value is -0.380. The summed E-state index contributed by atoms with van der Waals surface area (Å²) in [5, 5.41) is 32.2. The van der Waals surface area contributed by atoms with Gasteiger partial charge in [0, 0.05) is 17.4 Å². The van der Waals surface area contributed by atoms with E-state index in [1.54, 1.807) is 0 Å². The van der Waals surface area contributed by atoms with Crippen molar-refractivity contribution in [2.24, 2.45) is 34.0 Å². The van der Waals surface area contributed by atoms with Gasteiger partial charge in [0.25, 0.3) is 0 Å². The van der Waals surface area contributed by atoms with Crippen LogP contribution in [-0.4, -0.2) is 34.1 Å². The SMILES string of the molecule is C=C1C[C@@]23C[C@@H]1CC[C@@H]2[C@]1(CO)CCC(O)C(C)(C)[C@H]1CC3O. The zero-order valence-electron chi connectivity index (χ0n) is 14.6. The third-order valence-electron chi connectivity index (χ3n) is 8.70. The molecule has 0 aromatic rings. The van der Waals surface area contributed by atoms with Crippen LogP contribution in [-0.2, 0) is 0 Å². The highest BCUT2D eigenvalue weighted by molar-refractivity contribution is 5.25. The maximum absolute atomic E-state index is 11.2. The Morgan fingerprint density at radius 3 is 2.52 bits per heavy atom. The molecule has 130 valence electrons. The predicted molar refractivity (Wildman–Crippen MR) is 89.7 cm³/mol. The number of fused-ring (bicyclic) bond motifs is 3. The predicted octanol–water partition coefficient (Wildman–Crippen LogP) is 2.89. The van der Waals surface area contributed by atoms with E-state index in [0.717, 1.165) is 44.9 Å². The fraction of sp³-hybridized carbons (Fsp3) is 0.900. The van der Waals surface area contributed by atoms with Gasteiger partial charge < -0.3 is 15.3 Å². The molecular weight excluding hydrogens is 288 g/mol. The van der Waals surface area contributed by atoms with E-state index in [1.165, 1.54) is 5.57 Å². The van der Waals surface area contributed by atoms with Crippen LogP contribution in [0.4, 0.5) is 0 Å². The van der Waals surface area contributed by atoms with E-state index in [1.807, 2.05) is 0 Å². The molecule has 4 aliphatic carbocycles. The Kier molecular flexibility index (Phi) is 3.38. The lowest BCUT2D eigenvalue weighted by Crippen LogP contribution is -2.65. The molecule has 4 fully saturated rings. The molecule has 0 aromatic carbocycles. The zero-order chi connectivity index (χ0) is 16.6. The van der Waals surface area contributed by atoms with E-state index in [-0.39, 0.29) is 41.0 Å². The van der Waals surface area contributed by atoms with Crippen molar-refractivity contribution in [3.63, 3.8) is 0 Å². The van der Waals surface area contributed by atoms with Gasteiger partial charge in [0.1, 0.15) is 0 Å². The van der Waals surface area contributed by atoms with Gasteiger partial charge in [-0.2, -0.15) is 0 Å². The summed E-state index contributed by atoms with van der Waals surface area (Å²) < 4.78 is 0. The van der Waals surface area contributed by atoms with Crippen molar-refractivity contribution >= 4 is 0 Å². The lowest BCUT2D eigenvalue weighted by Gasteiger charge is -2.66. The van der Waals surface area contributed by atoms with Gasteiger partial charge in [-0.15, -0.1) is 0 Å². The number of allylic oxidation sites excluding steroid dienone is 1. The molecule has 2 bridgehead atoms. The molecule has 0 heterocycles. The van der Waals surface area contributed by atoms with Gasteiger partial charge in [-0.1, -0.05) is 26.0 Å². The average Bonchev–Trinajstić information content (AvgIpc) is 2.77. The summed E-state index contributed by atoms with van der Waals surface area (Å²) in [5.41, 5.74) is 0.902. The highest BCUT2D eigenvalue weighted by atomic mass is 16.3. The lowest BCUT2D eigenvalue weighted by atomic mass is 9.39. The first kappa shape index (κ1) is 16.1. The minimum Gasteiger partial charge on any atom is -0.396 e. The zero-order valence-corrected chi connectivity index (χ0v) is 14.6. The molecule has 0 saturated heterocycles. The highest BCUT2D eigenvalue weighted by Crippen LogP contribution is 2.71. The van der Waals surface area contributed by atoms with Crippen molar-refractivity contribution in [2.75, 3.05) is 6.61 Å². The Labute approximate surface area is 139 Å². The normalized spacial score (nSPS) is 54.5. The van der Waals surface area contributed by atoms with Gasteiger partial charge in [0.15, 0.2) is 0 Å². The van der Waals surface area contributed by atoms with Crippen LogP contribution in [0.1, 0.15) is 58.8 Å². The first-order valence-electron chi connectivity index (χ1n) is 9.42. The van der Waals surface area contributed by atoms with Crippen LogP contribution in [0.2, 0.25) is 0 Å². The van der Waals surface area contributed by atoms with Crippen molar-refractivity contribution in [3.05, 3.63) is 12.2 Å². The van der Waals surface area contributed by atoms with E-state index in [2.05, 4.69) is 20.4 Å². The van der Waals surface area contributed by atoms with Gasteiger partial charge in [0.2, 0.25) is 0 Å². The van der Waals surface area contributed by atoms with E-state index in [4.69, 9.17) is 0 Å². The van der Waals surface area contributed by atoms with E-state index >= 15 is 0 Å². The van der Waals surface area contributed by atoms with Crippen LogP contribution < -0.4 is 0 Å². The van der Waals surface area contributed by atoms with E-state index in [9.17, 15) is 15.3 Å². The summed E-state index contributed by atoms with van der Waals surface area (Å²) >= 11 is 0. The van der Waals surface area contributed by atoms with Crippen molar-refractivity contribution in [3.8, 4) is 0 Å². The second kappa shape index (κ2) is 4.83. The summed E-state index contributed by atoms with van der Waals surface area (Å²) in [6, 6.07) is 0. The van der Waals surface area contributed by atoms with Crippen LogP contribution >= 0.6 is 0 Å². The van der Waals surface area contributed by atoms with Crippen LogP contribution in [0.5, 0.6) is 0 Å². The molecule has 4 rings (SSSR count). The summed E-state index contributed by atoms with van der Waals surface area (Å²) in [6.45, 7) is 8.76. The number of aliphatic hydroxyl groups excluding tert-OH is 3. The molecule has 3 nitrogen and oxygen atoms in total. The highest BCUT2D eigenvalue weighted by Gasteiger charge is 2.68. The summed E-state index contributed by atoms with van der Waals surface area (Å²) in [6.07, 6.45) is 6.02. The van der Waals surface area contributed by atoms with Crippen molar-refractivity contribution in [1.29, 1.82) is 0 Å². The van der Waals surface area contributed by atoms with Crippen molar-refractivity contribution < 1.29 is 15.3 Å². The molecule has 7 atom stereocenters. The van der Waals surface area contributed by atoms with Gasteiger partial charge in [-0.25, -0.2) is 0 Å². The molecule has 2 unspecified atom stereocenters. The van der Waals surface area contributed by atoms with Crippen LogP contribution in [0, 0.1) is 34.0 Å². The summed E-state index contributed by atoms with van der Waals surface area (Å²) in [7, 11) is 0. The molecular formula is C20H32O3. The average molecular weight is 320 g/mol. The minimum atomic E-state index is -0.330. The molecule has 23 heavy (non-hydrogen) atoms. The van der Waals surface area contributed by atoms with Gasteiger partial charge in [-0.05, 0) is 68.1 Å². The third-order valence-corrected chi connectivity index (χ3v) is 8.70. The minimum absolute atomic E-state index is 0.0579. The van der Waals surface area contributed by atoms with Crippen LogP contribution in [0.25, 0.3) is 0 Å². The van der Waals surface area contributed by atoms with Gasteiger partial charge >= 0.3 is 0 Å². The number of rotatable bonds is 1. The molecule has 0 aliphatic heterocycles. The monoisotopic (exact) mass is 320 g/mol. The summed E-state index contributed by atoms with van der Waals surface area (Å²) in [5.74, 6) is 1.14. The molecule has 3 N–H and O–H groups in total. The number of aliphatic hydroxyl groups is 3. The van der Waals surface area contributed by atoms with Crippen LogP contribution in [0.3, 0.4) is 0 Å². The Morgan fingerprint density at radius 2 is 1.83 bits per heavy atom. The third kappa shape index (κ3) is 1.82. The van der Waals surface area contributed by atoms with Gasteiger partial charge in [0.05, 0.1) is 12.2 Å². The fourth-order valence-electron chi connectivity index (χ4n) is 7.45. The molecule has 0 radical (unpaired) electrons. The smallest absolute Gasteiger partial charge is 0.0605 e. The fourth-order valence-corrected chi connectivity index (χ4v) is 7.45. The molecule has 0 amide bonds. The summed E-state index contributed by atoms with van der Waals surface area (Å²) in [4.78, 5) is 0. The Balaban J connectivity index is 1.81. The van der Waals surface area contributed by atoms with E-state index in [0.29, 0.717) is 11.8 Å². The molecule has 1 spiro atoms. The lowest BCUT2D eigenvalue weighted by molar-refractivity contribution is -0.236. The maximum Gasteiger partial charge on any atom is 0.0605 e. The Bertz CT molecular complexity index is 527. The number of hydrogen-bond acceptors (Lipinski definition) is 3. The maximum atomic E-state index is 11.2. The second-order valence-electron chi connectivity index (χ2n) is 9.67. The van der Waals surface area contributed by atoms with Gasteiger partial charge in [-0.3, -0.25) is 0 Å².